The van der Waals surface area contributed by atoms with Gasteiger partial charge >= 0.3 is 11.4 Å². The predicted molar refractivity (Wildman–Crippen MR) is 139 cm³/mol. The lowest BCUT2D eigenvalue weighted by Gasteiger charge is -2.20. The number of benzene rings is 2. The van der Waals surface area contributed by atoms with Crippen LogP contribution in [0.3, 0.4) is 0 Å². The maximum absolute atomic E-state index is 13.1. The lowest BCUT2D eigenvalue weighted by atomic mass is 10.0. The summed E-state index contributed by atoms with van der Waals surface area (Å²) in [4.78, 5) is 50.6. The fourth-order valence-corrected chi connectivity index (χ4v) is 4.78. The summed E-state index contributed by atoms with van der Waals surface area (Å²) >= 11 is 12.7. The van der Waals surface area contributed by atoms with Crippen molar-refractivity contribution in [2.24, 2.45) is 28.2 Å². The van der Waals surface area contributed by atoms with Gasteiger partial charge in [-0.15, -0.1) is 0 Å². The number of carbonyl (C=O) groups excluding carboxylic acids is 2. The number of hydrogen-bond donors (Lipinski definition) is 2. The number of aromatic nitrogens is 4. The number of aryl methyl sites for hydroxylation is 4. The zero-order valence-corrected chi connectivity index (χ0v) is 21.2. The van der Waals surface area contributed by atoms with Crippen molar-refractivity contribution in [2.75, 3.05) is 10.6 Å². The summed E-state index contributed by atoms with van der Waals surface area (Å²) in [5.41, 5.74) is 2.85. The number of nitrogens with zero attached hydrogens (tertiary/aromatic N) is 4. The van der Waals surface area contributed by atoms with E-state index < -0.39 is 11.6 Å². The molecule has 2 aromatic carbocycles. The van der Waals surface area contributed by atoms with Crippen molar-refractivity contribution < 1.29 is 9.59 Å². The van der Waals surface area contributed by atoms with Gasteiger partial charge in [-0.25, -0.2) is 9.59 Å². The first-order chi connectivity index (χ1) is 17.0. The number of imidazole rings is 2. The fourth-order valence-electron chi connectivity index (χ4n) is 4.33. The molecule has 2 aromatic heterocycles. The van der Waals surface area contributed by atoms with Crippen molar-refractivity contribution in [1.82, 2.24) is 18.3 Å². The molecule has 0 spiro atoms. The van der Waals surface area contributed by atoms with Gasteiger partial charge < -0.3 is 10.6 Å². The number of Topliss-reactive ketones (excluding diaryl/α,β-unsaturated/α-hetero) is 2. The Morgan fingerprint density at radius 1 is 0.556 bits per heavy atom. The van der Waals surface area contributed by atoms with Crippen molar-refractivity contribution >= 4 is 68.2 Å². The molecule has 0 amide bonds. The second kappa shape index (κ2) is 8.28. The summed E-state index contributed by atoms with van der Waals surface area (Å²) < 4.78 is 5.95. The molecule has 0 atom stereocenters. The first kappa shape index (κ1) is 23.7. The topological polar surface area (TPSA) is 112 Å². The number of hydrogen-bond acceptors (Lipinski definition) is 6. The third-order valence-electron chi connectivity index (χ3n) is 6.37. The molecule has 1 aliphatic rings. The molecule has 184 valence electrons. The van der Waals surface area contributed by atoms with E-state index >= 15 is 0 Å². The van der Waals surface area contributed by atoms with Crippen LogP contribution in [0.2, 0.25) is 0 Å². The largest absolute Gasteiger partial charge is 0.351 e. The Morgan fingerprint density at radius 2 is 0.889 bits per heavy atom. The molecule has 0 bridgehead atoms. The monoisotopic (exact) mass is 526 g/mol. The summed E-state index contributed by atoms with van der Waals surface area (Å²) in [6, 6.07) is 10.1. The van der Waals surface area contributed by atoms with Gasteiger partial charge in [-0.2, -0.15) is 0 Å². The van der Waals surface area contributed by atoms with Crippen LogP contribution < -0.4 is 22.0 Å². The van der Waals surface area contributed by atoms with Crippen LogP contribution in [0.15, 0.2) is 67.4 Å². The van der Waals surface area contributed by atoms with Crippen molar-refractivity contribution in [3.8, 4) is 0 Å². The molecule has 0 aliphatic heterocycles. The lowest BCUT2D eigenvalue weighted by Crippen LogP contribution is -2.27. The van der Waals surface area contributed by atoms with Crippen LogP contribution >= 0.6 is 23.2 Å². The Balaban J connectivity index is 1.47. The minimum atomic E-state index is -0.668. The standard InChI is InChI=1S/C24H20Cl2N6O4/c1-29-13-7-5-11(9-15(13)31(3)23(29)35)27-19-17(25)22(34)20(18(26)21(19)33)28-12-6-8-14-16(10-12)32(4)24(36)30(14)2/h5-10,27-28H,1-4H3. The van der Waals surface area contributed by atoms with Gasteiger partial charge in [0.05, 0.1) is 22.1 Å². The Bertz CT molecular complexity index is 1700. The van der Waals surface area contributed by atoms with E-state index in [4.69, 9.17) is 23.2 Å². The van der Waals surface area contributed by atoms with E-state index in [-0.39, 0.29) is 32.8 Å². The molecule has 12 heteroatoms. The number of allylic oxidation sites excluding steroid dienone is 2. The van der Waals surface area contributed by atoms with Gasteiger partial charge in [0.2, 0.25) is 11.6 Å². The summed E-state index contributed by atoms with van der Waals surface area (Å²) in [5.74, 6) is -1.34. The van der Waals surface area contributed by atoms with Gasteiger partial charge in [0.1, 0.15) is 21.5 Å². The average molecular weight is 527 g/mol. The minimum absolute atomic E-state index is 0.168. The van der Waals surface area contributed by atoms with Gasteiger partial charge in [-0.05, 0) is 36.4 Å². The number of halogens is 2. The van der Waals surface area contributed by atoms with Crippen LogP contribution in [-0.4, -0.2) is 29.8 Å². The Kier molecular flexibility index (Phi) is 5.46. The van der Waals surface area contributed by atoms with Crippen molar-refractivity contribution in [3.63, 3.8) is 0 Å². The Labute approximate surface area is 213 Å². The van der Waals surface area contributed by atoms with E-state index in [2.05, 4.69) is 10.6 Å². The molecule has 0 radical (unpaired) electrons. The first-order valence-electron chi connectivity index (χ1n) is 10.7. The third kappa shape index (κ3) is 3.41. The van der Waals surface area contributed by atoms with Crippen LogP contribution in [0.4, 0.5) is 11.4 Å². The van der Waals surface area contributed by atoms with Gasteiger partial charge in [0, 0.05) is 39.6 Å². The van der Waals surface area contributed by atoms with Gasteiger partial charge in [-0.3, -0.25) is 27.9 Å². The second-order valence-corrected chi connectivity index (χ2v) is 9.25. The van der Waals surface area contributed by atoms with Gasteiger partial charge in [-0.1, -0.05) is 23.2 Å². The number of fused-ring (bicyclic) bond motifs is 2. The molecular formula is C24H20Cl2N6O4. The summed E-state index contributed by atoms with van der Waals surface area (Å²) in [6.07, 6.45) is 0. The summed E-state index contributed by atoms with van der Waals surface area (Å²) in [6.45, 7) is 0. The molecule has 4 aromatic rings. The second-order valence-electron chi connectivity index (χ2n) is 8.49. The lowest BCUT2D eigenvalue weighted by molar-refractivity contribution is -0.115. The molecule has 0 saturated heterocycles. The number of ketones is 2. The highest BCUT2D eigenvalue weighted by Crippen LogP contribution is 2.32. The smallest absolute Gasteiger partial charge is 0.328 e. The predicted octanol–water partition coefficient (Wildman–Crippen LogP) is 2.64. The van der Waals surface area contributed by atoms with E-state index in [0.29, 0.717) is 33.4 Å². The quantitative estimate of drug-likeness (QED) is 0.395. The molecule has 36 heavy (non-hydrogen) atoms. The normalized spacial score (nSPS) is 14.5. The highest BCUT2D eigenvalue weighted by Gasteiger charge is 2.34. The molecule has 2 N–H and O–H groups in total. The minimum Gasteiger partial charge on any atom is -0.351 e. The Morgan fingerprint density at radius 3 is 1.25 bits per heavy atom. The van der Waals surface area contributed by atoms with E-state index in [1.165, 1.54) is 18.3 Å². The summed E-state index contributed by atoms with van der Waals surface area (Å²) in [7, 11) is 6.60. The molecule has 10 nitrogen and oxygen atoms in total. The highest BCUT2D eigenvalue weighted by molar-refractivity contribution is 6.56. The van der Waals surface area contributed by atoms with Crippen LogP contribution in [0.1, 0.15) is 0 Å². The molecule has 5 rings (SSSR count). The number of nitrogens with one attached hydrogen (secondary N) is 2. The van der Waals surface area contributed by atoms with Crippen LogP contribution in [0.5, 0.6) is 0 Å². The fraction of sp³-hybridized carbons (Fsp3) is 0.167. The Hall–Kier alpha value is -4.02. The first-order valence-corrected chi connectivity index (χ1v) is 11.5. The van der Waals surface area contributed by atoms with E-state index in [9.17, 15) is 19.2 Å². The van der Waals surface area contributed by atoms with E-state index in [0.717, 1.165) is 0 Å². The maximum Gasteiger partial charge on any atom is 0.328 e. The van der Waals surface area contributed by atoms with Crippen molar-refractivity contribution in [1.29, 1.82) is 0 Å². The van der Waals surface area contributed by atoms with Gasteiger partial charge in [0.25, 0.3) is 0 Å². The van der Waals surface area contributed by atoms with E-state index in [1.807, 2.05) is 0 Å². The highest BCUT2D eigenvalue weighted by atomic mass is 35.5. The molecule has 0 fully saturated rings. The molecule has 0 unspecified atom stereocenters. The zero-order chi connectivity index (χ0) is 26.0. The average Bonchev–Trinajstić information content (AvgIpc) is 3.22. The van der Waals surface area contributed by atoms with Crippen LogP contribution in [0.25, 0.3) is 22.1 Å². The van der Waals surface area contributed by atoms with Crippen LogP contribution in [-0.2, 0) is 37.8 Å². The number of rotatable bonds is 4. The zero-order valence-electron chi connectivity index (χ0n) is 19.6. The van der Waals surface area contributed by atoms with Crippen molar-refractivity contribution in [2.45, 2.75) is 0 Å². The SMILES string of the molecule is Cn1c(=O)n(C)c2cc(NC3=C(Cl)C(=O)C(Nc4ccc5c(c4)n(C)c(=O)n5C)=C(Cl)C3=O)ccc21. The molecule has 1 aliphatic carbocycles. The number of anilines is 2. The van der Waals surface area contributed by atoms with Crippen molar-refractivity contribution in [3.05, 3.63) is 78.8 Å². The van der Waals surface area contributed by atoms with Crippen LogP contribution in [0, 0.1) is 0 Å². The molecule has 0 saturated carbocycles. The summed E-state index contributed by atoms with van der Waals surface area (Å²) in [5, 5.41) is 5.10. The molecule has 2 heterocycles. The number of carbonyl (C=O) groups is 2. The van der Waals surface area contributed by atoms with E-state index in [1.54, 1.807) is 64.6 Å². The maximum atomic E-state index is 13.1. The third-order valence-corrected chi connectivity index (χ3v) is 7.10. The molecular weight excluding hydrogens is 507 g/mol. The van der Waals surface area contributed by atoms with Gasteiger partial charge in [0.15, 0.2) is 0 Å².